The Hall–Kier alpha value is -2.38. The Morgan fingerprint density at radius 1 is 1.08 bits per heavy atom. The van der Waals surface area contributed by atoms with Crippen molar-refractivity contribution in [3.63, 3.8) is 0 Å². The molecule has 138 valence electrons. The third-order valence-electron chi connectivity index (χ3n) is 4.31. The molecule has 0 radical (unpaired) electrons. The second-order valence-corrected chi connectivity index (χ2v) is 8.13. The fourth-order valence-corrected chi connectivity index (χ4v) is 3.91. The van der Waals surface area contributed by atoms with Crippen LogP contribution in [0.1, 0.15) is 24.2 Å². The molecule has 1 amide bonds. The molecule has 1 N–H and O–H groups in total. The standard InChI is InChI=1S/C19H22N2O4S/c1-14-13-25-15(2)12-21(14)19(22)16-8-10-18(11-9-16)26(23,24)20-17-6-4-3-5-7-17/h3-11,14-15,20H,12-13H2,1-2H3. The topological polar surface area (TPSA) is 75.7 Å². The van der Waals surface area contributed by atoms with Crippen LogP contribution in [0.15, 0.2) is 59.5 Å². The lowest BCUT2D eigenvalue weighted by atomic mass is 10.1. The van der Waals surface area contributed by atoms with E-state index >= 15 is 0 Å². The van der Waals surface area contributed by atoms with Crippen molar-refractivity contribution < 1.29 is 17.9 Å². The fourth-order valence-electron chi connectivity index (χ4n) is 2.85. The minimum absolute atomic E-state index is 0.00938. The van der Waals surface area contributed by atoms with Crippen LogP contribution < -0.4 is 4.72 Å². The maximum Gasteiger partial charge on any atom is 0.261 e. The van der Waals surface area contributed by atoms with Gasteiger partial charge in [0.25, 0.3) is 15.9 Å². The average molecular weight is 374 g/mol. The van der Waals surface area contributed by atoms with Gasteiger partial charge >= 0.3 is 0 Å². The maximum absolute atomic E-state index is 12.7. The van der Waals surface area contributed by atoms with Gasteiger partial charge in [0.2, 0.25) is 0 Å². The second kappa shape index (κ2) is 7.47. The molecule has 2 aromatic carbocycles. The number of anilines is 1. The molecule has 2 atom stereocenters. The number of sulfonamides is 1. The van der Waals surface area contributed by atoms with Crippen LogP contribution >= 0.6 is 0 Å². The van der Waals surface area contributed by atoms with Crippen LogP contribution in [0.2, 0.25) is 0 Å². The Morgan fingerprint density at radius 2 is 1.73 bits per heavy atom. The van der Waals surface area contributed by atoms with Crippen molar-refractivity contribution in [1.29, 1.82) is 0 Å². The molecule has 0 aliphatic carbocycles. The number of para-hydroxylation sites is 1. The lowest BCUT2D eigenvalue weighted by Crippen LogP contribution is -2.50. The molecular weight excluding hydrogens is 352 g/mol. The SMILES string of the molecule is CC1CN(C(=O)c2ccc(S(=O)(=O)Nc3ccccc3)cc2)C(C)CO1. The summed E-state index contributed by atoms with van der Waals surface area (Å²) < 4.78 is 33.0. The van der Waals surface area contributed by atoms with Crippen molar-refractivity contribution in [2.75, 3.05) is 17.9 Å². The van der Waals surface area contributed by atoms with Crippen LogP contribution in [0.25, 0.3) is 0 Å². The molecule has 0 bridgehead atoms. The first-order chi connectivity index (χ1) is 12.4. The van der Waals surface area contributed by atoms with Gasteiger partial charge in [-0.25, -0.2) is 8.42 Å². The largest absolute Gasteiger partial charge is 0.375 e. The molecule has 1 aliphatic rings. The van der Waals surface area contributed by atoms with E-state index in [1.807, 2.05) is 19.9 Å². The van der Waals surface area contributed by atoms with E-state index in [0.717, 1.165) is 0 Å². The number of nitrogens with zero attached hydrogens (tertiary/aromatic N) is 1. The van der Waals surface area contributed by atoms with E-state index in [2.05, 4.69) is 4.72 Å². The van der Waals surface area contributed by atoms with Crippen LogP contribution in [0, 0.1) is 0 Å². The minimum atomic E-state index is -3.70. The summed E-state index contributed by atoms with van der Waals surface area (Å²) in [5.41, 5.74) is 0.952. The zero-order valence-corrected chi connectivity index (χ0v) is 15.6. The van der Waals surface area contributed by atoms with Crippen molar-refractivity contribution in [1.82, 2.24) is 4.90 Å². The van der Waals surface area contributed by atoms with Crippen molar-refractivity contribution in [2.24, 2.45) is 0 Å². The highest BCUT2D eigenvalue weighted by atomic mass is 32.2. The number of hydrogen-bond acceptors (Lipinski definition) is 4. The predicted octanol–water partition coefficient (Wildman–Crippen LogP) is 2.74. The summed E-state index contributed by atoms with van der Waals surface area (Å²) in [4.78, 5) is 14.6. The molecule has 0 spiro atoms. The monoisotopic (exact) mass is 374 g/mol. The van der Waals surface area contributed by atoms with Crippen molar-refractivity contribution >= 4 is 21.6 Å². The minimum Gasteiger partial charge on any atom is -0.375 e. The molecular formula is C19H22N2O4S. The number of nitrogens with one attached hydrogen (secondary N) is 1. The van der Waals surface area contributed by atoms with Gasteiger partial charge in [-0.2, -0.15) is 0 Å². The third kappa shape index (κ3) is 4.05. The van der Waals surface area contributed by atoms with E-state index < -0.39 is 10.0 Å². The maximum atomic E-state index is 12.7. The number of hydrogen-bond donors (Lipinski definition) is 1. The summed E-state index contributed by atoms with van der Waals surface area (Å²) in [6, 6.07) is 14.7. The number of benzene rings is 2. The molecule has 1 fully saturated rings. The molecule has 26 heavy (non-hydrogen) atoms. The van der Waals surface area contributed by atoms with Crippen LogP contribution in [0.4, 0.5) is 5.69 Å². The van der Waals surface area contributed by atoms with Crippen LogP contribution in [0.5, 0.6) is 0 Å². The molecule has 2 aromatic rings. The highest BCUT2D eigenvalue weighted by Crippen LogP contribution is 2.19. The second-order valence-electron chi connectivity index (χ2n) is 6.45. The Balaban J connectivity index is 1.76. The zero-order chi connectivity index (χ0) is 18.7. The molecule has 6 nitrogen and oxygen atoms in total. The smallest absolute Gasteiger partial charge is 0.261 e. The van der Waals surface area contributed by atoms with Gasteiger partial charge in [0.05, 0.1) is 23.6 Å². The predicted molar refractivity (Wildman–Crippen MR) is 99.6 cm³/mol. The number of ether oxygens (including phenoxy) is 1. The van der Waals surface area contributed by atoms with E-state index in [1.54, 1.807) is 41.3 Å². The quantitative estimate of drug-likeness (QED) is 0.893. The third-order valence-corrected chi connectivity index (χ3v) is 5.70. The van der Waals surface area contributed by atoms with Gasteiger partial charge in [-0.05, 0) is 50.2 Å². The number of carbonyl (C=O) groups is 1. The molecule has 1 saturated heterocycles. The first-order valence-corrected chi connectivity index (χ1v) is 9.95. The number of amides is 1. The van der Waals surface area contributed by atoms with Crippen molar-refractivity contribution in [3.8, 4) is 0 Å². The van der Waals surface area contributed by atoms with Crippen LogP contribution in [-0.2, 0) is 14.8 Å². The Morgan fingerprint density at radius 3 is 2.38 bits per heavy atom. The molecule has 0 saturated carbocycles. The van der Waals surface area contributed by atoms with Gasteiger partial charge in [0.15, 0.2) is 0 Å². The van der Waals surface area contributed by atoms with Crippen molar-refractivity contribution in [2.45, 2.75) is 30.9 Å². The van der Waals surface area contributed by atoms with Crippen molar-refractivity contribution in [3.05, 3.63) is 60.2 Å². The molecule has 0 aromatic heterocycles. The number of morpholine rings is 1. The summed E-state index contributed by atoms with van der Waals surface area (Å²) in [6.45, 7) is 4.89. The summed E-state index contributed by atoms with van der Waals surface area (Å²) in [7, 11) is -3.70. The van der Waals surface area contributed by atoms with E-state index in [-0.39, 0.29) is 22.9 Å². The molecule has 1 heterocycles. The lowest BCUT2D eigenvalue weighted by molar-refractivity contribution is -0.0387. The van der Waals surface area contributed by atoms with Gasteiger partial charge in [-0.1, -0.05) is 18.2 Å². The Labute approximate surface area is 153 Å². The Kier molecular flexibility index (Phi) is 5.29. The molecule has 1 aliphatic heterocycles. The van der Waals surface area contributed by atoms with Crippen LogP contribution in [-0.4, -0.2) is 44.5 Å². The molecule has 3 rings (SSSR count). The lowest BCUT2D eigenvalue weighted by Gasteiger charge is -2.36. The zero-order valence-electron chi connectivity index (χ0n) is 14.8. The molecule has 2 unspecified atom stereocenters. The van der Waals surface area contributed by atoms with Gasteiger partial charge < -0.3 is 9.64 Å². The van der Waals surface area contributed by atoms with Gasteiger partial charge in [-0.3, -0.25) is 9.52 Å². The summed E-state index contributed by atoms with van der Waals surface area (Å²) >= 11 is 0. The summed E-state index contributed by atoms with van der Waals surface area (Å²) in [6.07, 6.45) is -0.00938. The van der Waals surface area contributed by atoms with Gasteiger partial charge in [0, 0.05) is 17.8 Å². The van der Waals surface area contributed by atoms with E-state index in [9.17, 15) is 13.2 Å². The van der Waals surface area contributed by atoms with E-state index in [1.165, 1.54) is 12.1 Å². The highest BCUT2D eigenvalue weighted by molar-refractivity contribution is 7.92. The fraction of sp³-hybridized carbons (Fsp3) is 0.316. The van der Waals surface area contributed by atoms with Crippen LogP contribution in [0.3, 0.4) is 0 Å². The van der Waals surface area contributed by atoms with E-state index in [4.69, 9.17) is 4.74 Å². The normalized spacial score (nSPS) is 20.6. The van der Waals surface area contributed by atoms with Gasteiger partial charge in [-0.15, -0.1) is 0 Å². The molecule has 7 heteroatoms. The number of carbonyl (C=O) groups excluding carboxylic acids is 1. The highest BCUT2D eigenvalue weighted by Gasteiger charge is 2.28. The Bertz CT molecular complexity index is 866. The first-order valence-electron chi connectivity index (χ1n) is 8.47. The first kappa shape index (κ1) is 18.4. The van der Waals surface area contributed by atoms with Gasteiger partial charge in [0.1, 0.15) is 0 Å². The number of rotatable bonds is 4. The van der Waals surface area contributed by atoms with E-state index in [0.29, 0.717) is 24.4 Å². The average Bonchev–Trinajstić information content (AvgIpc) is 2.64. The summed E-state index contributed by atoms with van der Waals surface area (Å²) in [5.74, 6) is -0.118. The summed E-state index contributed by atoms with van der Waals surface area (Å²) in [5, 5.41) is 0.